The van der Waals surface area contributed by atoms with E-state index in [4.69, 9.17) is 28.3 Å². The number of aromatic carboxylic acids is 1. The average Bonchev–Trinajstić information content (AvgIpc) is 2.47. The lowest BCUT2D eigenvalue weighted by molar-refractivity contribution is -0.137. The topological polar surface area (TPSA) is 96.4 Å². The monoisotopic (exact) mass is 414 g/mol. The smallest absolute Gasteiger partial charge is 0.417 e. The summed E-state index contributed by atoms with van der Waals surface area (Å²) in [5.41, 5.74) is -2.55. The number of pyridine rings is 1. The standard InChI is InChI=1S/C13H7Cl2F3N2O4S/c14-6-3-10(11(12(21)22)19-5-6)25(23,24)20-7-1-2-9(15)8(4-7)13(16,17)18/h1-5,20H,(H,21,22). The second-order valence-corrected chi connectivity index (χ2v) is 7.10. The summed E-state index contributed by atoms with van der Waals surface area (Å²) in [4.78, 5) is 13.7. The molecular weight excluding hydrogens is 408 g/mol. The lowest BCUT2D eigenvalue weighted by atomic mass is 10.2. The number of aromatic nitrogens is 1. The minimum absolute atomic E-state index is 0.169. The molecule has 134 valence electrons. The van der Waals surface area contributed by atoms with E-state index in [0.29, 0.717) is 6.07 Å². The number of nitrogens with zero attached hydrogens (tertiary/aromatic N) is 1. The fourth-order valence-electron chi connectivity index (χ4n) is 1.80. The van der Waals surface area contributed by atoms with E-state index in [1.54, 1.807) is 0 Å². The molecule has 0 saturated carbocycles. The predicted molar refractivity (Wildman–Crippen MR) is 83.5 cm³/mol. The first-order chi connectivity index (χ1) is 11.4. The van der Waals surface area contributed by atoms with Gasteiger partial charge in [0.1, 0.15) is 4.90 Å². The second kappa shape index (κ2) is 6.70. The molecule has 0 fully saturated rings. The molecule has 1 aromatic carbocycles. The van der Waals surface area contributed by atoms with Crippen LogP contribution in [0.3, 0.4) is 0 Å². The summed E-state index contributed by atoms with van der Waals surface area (Å²) in [5.74, 6) is -1.65. The van der Waals surface area contributed by atoms with E-state index >= 15 is 0 Å². The normalized spacial score (nSPS) is 12.0. The summed E-state index contributed by atoms with van der Waals surface area (Å²) in [5, 5.41) is 8.22. The molecular formula is C13H7Cl2F3N2O4S. The van der Waals surface area contributed by atoms with E-state index in [1.807, 2.05) is 4.72 Å². The van der Waals surface area contributed by atoms with Gasteiger partial charge in [0.2, 0.25) is 0 Å². The molecule has 0 aliphatic heterocycles. The van der Waals surface area contributed by atoms with Crippen LogP contribution >= 0.6 is 23.2 Å². The molecule has 0 atom stereocenters. The van der Waals surface area contributed by atoms with Gasteiger partial charge in [-0.05, 0) is 24.3 Å². The highest BCUT2D eigenvalue weighted by molar-refractivity contribution is 7.92. The number of benzene rings is 1. The predicted octanol–water partition coefficient (Wildman–Crippen LogP) is 3.91. The van der Waals surface area contributed by atoms with Crippen molar-refractivity contribution in [3.63, 3.8) is 0 Å². The Morgan fingerprint density at radius 1 is 1.20 bits per heavy atom. The maximum atomic E-state index is 12.8. The summed E-state index contributed by atoms with van der Waals surface area (Å²) in [7, 11) is -4.57. The quantitative estimate of drug-likeness (QED) is 0.790. The maximum Gasteiger partial charge on any atom is 0.417 e. The van der Waals surface area contributed by atoms with Crippen molar-refractivity contribution in [2.24, 2.45) is 0 Å². The zero-order valence-electron chi connectivity index (χ0n) is 11.8. The molecule has 0 spiro atoms. The Morgan fingerprint density at radius 3 is 2.40 bits per heavy atom. The van der Waals surface area contributed by atoms with Crippen molar-refractivity contribution in [1.82, 2.24) is 4.98 Å². The zero-order valence-corrected chi connectivity index (χ0v) is 14.1. The minimum atomic E-state index is -4.80. The van der Waals surface area contributed by atoms with Crippen LogP contribution in [0.25, 0.3) is 0 Å². The Labute approximate surface area is 149 Å². The Hall–Kier alpha value is -2.04. The van der Waals surface area contributed by atoms with Crippen LogP contribution in [-0.2, 0) is 16.2 Å². The number of halogens is 5. The van der Waals surface area contributed by atoms with Crippen LogP contribution < -0.4 is 4.72 Å². The number of carboxylic acids is 1. The first kappa shape index (κ1) is 19.3. The molecule has 0 aliphatic rings. The van der Waals surface area contributed by atoms with Crippen LogP contribution in [0.2, 0.25) is 10.0 Å². The summed E-state index contributed by atoms with van der Waals surface area (Å²) in [6, 6.07) is 3.16. The Kier molecular flexibility index (Phi) is 5.17. The second-order valence-electron chi connectivity index (χ2n) is 4.60. The van der Waals surface area contributed by atoms with Crippen molar-refractivity contribution in [1.29, 1.82) is 0 Å². The zero-order chi connectivity index (χ0) is 19.0. The van der Waals surface area contributed by atoms with Gasteiger partial charge in [-0.25, -0.2) is 18.2 Å². The summed E-state index contributed by atoms with van der Waals surface area (Å²) >= 11 is 11.1. The molecule has 0 saturated heterocycles. The Bertz CT molecular complexity index is 949. The Morgan fingerprint density at radius 2 is 1.84 bits per heavy atom. The fraction of sp³-hybridized carbons (Fsp3) is 0.0769. The van der Waals surface area contributed by atoms with Crippen LogP contribution in [-0.4, -0.2) is 24.5 Å². The highest BCUT2D eigenvalue weighted by Gasteiger charge is 2.34. The molecule has 2 rings (SSSR count). The van der Waals surface area contributed by atoms with Gasteiger partial charge < -0.3 is 5.11 Å². The van der Waals surface area contributed by atoms with Crippen molar-refractivity contribution in [3.8, 4) is 0 Å². The largest absolute Gasteiger partial charge is 0.476 e. The number of hydrogen-bond acceptors (Lipinski definition) is 4. The van der Waals surface area contributed by atoms with Crippen molar-refractivity contribution in [2.45, 2.75) is 11.1 Å². The molecule has 1 heterocycles. The molecule has 1 aromatic heterocycles. The fourth-order valence-corrected chi connectivity index (χ4v) is 3.47. The van der Waals surface area contributed by atoms with Crippen molar-refractivity contribution in [2.75, 3.05) is 4.72 Å². The highest BCUT2D eigenvalue weighted by atomic mass is 35.5. The summed E-state index contributed by atoms with van der Waals surface area (Å²) < 4.78 is 65.0. The van der Waals surface area contributed by atoms with Gasteiger partial charge in [-0.3, -0.25) is 4.72 Å². The molecule has 0 unspecified atom stereocenters. The molecule has 12 heteroatoms. The SMILES string of the molecule is O=C(O)c1ncc(Cl)cc1S(=O)(=O)Nc1ccc(Cl)c(C(F)(F)F)c1. The number of carbonyl (C=O) groups is 1. The summed E-state index contributed by atoms with van der Waals surface area (Å²) in [6.07, 6.45) is -3.88. The minimum Gasteiger partial charge on any atom is -0.476 e. The molecule has 0 radical (unpaired) electrons. The van der Waals surface area contributed by atoms with Gasteiger partial charge in [-0.2, -0.15) is 13.2 Å². The van der Waals surface area contributed by atoms with E-state index < -0.39 is 49.0 Å². The van der Waals surface area contributed by atoms with E-state index in [-0.39, 0.29) is 5.02 Å². The van der Waals surface area contributed by atoms with Crippen LogP contribution in [0.15, 0.2) is 35.4 Å². The number of alkyl halides is 3. The van der Waals surface area contributed by atoms with Gasteiger partial charge in [-0.1, -0.05) is 23.2 Å². The molecule has 25 heavy (non-hydrogen) atoms. The van der Waals surface area contributed by atoms with E-state index in [2.05, 4.69) is 4.98 Å². The number of hydrogen-bond donors (Lipinski definition) is 2. The molecule has 2 aromatic rings. The van der Waals surface area contributed by atoms with Crippen molar-refractivity contribution < 1.29 is 31.5 Å². The number of sulfonamides is 1. The van der Waals surface area contributed by atoms with Crippen LogP contribution in [0, 0.1) is 0 Å². The Balaban J connectivity index is 2.51. The van der Waals surface area contributed by atoms with Crippen LogP contribution in [0.4, 0.5) is 18.9 Å². The number of anilines is 1. The van der Waals surface area contributed by atoms with E-state index in [1.165, 1.54) is 0 Å². The first-order valence-corrected chi connectivity index (χ1v) is 8.44. The molecule has 2 N–H and O–H groups in total. The van der Waals surface area contributed by atoms with Gasteiger partial charge in [0.05, 0.1) is 15.6 Å². The van der Waals surface area contributed by atoms with Gasteiger partial charge in [0.15, 0.2) is 5.69 Å². The lowest BCUT2D eigenvalue weighted by Crippen LogP contribution is -2.18. The van der Waals surface area contributed by atoms with Gasteiger partial charge in [0.25, 0.3) is 10.0 Å². The van der Waals surface area contributed by atoms with Crippen molar-refractivity contribution in [3.05, 3.63) is 51.8 Å². The molecule has 0 bridgehead atoms. The van der Waals surface area contributed by atoms with E-state index in [0.717, 1.165) is 24.4 Å². The molecule has 0 amide bonds. The first-order valence-electron chi connectivity index (χ1n) is 6.20. The lowest BCUT2D eigenvalue weighted by Gasteiger charge is -2.13. The number of rotatable bonds is 4. The third-order valence-electron chi connectivity index (χ3n) is 2.84. The van der Waals surface area contributed by atoms with Gasteiger partial charge in [-0.15, -0.1) is 0 Å². The van der Waals surface area contributed by atoms with Crippen LogP contribution in [0.1, 0.15) is 16.1 Å². The van der Waals surface area contributed by atoms with E-state index in [9.17, 15) is 26.4 Å². The number of carboxylic acid groups (broad SMARTS) is 1. The molecule has 6 nitrogen and oxygen atoms in total. The van der Waals surface area contributed by atoms with Crippen LogP contribution in [0.5, 0.6) is 0 Å². The molecule has 0 aliphatic carbocycles. The average molecular weight is 415 g/mol. The van der Waals surface area contributed by atoms with Crippen molar-refractivity contribution >= 4 is 44.9 Å². The highest BCUT2D eigenvalue weighted by Crippen LogP contribution is 2.36. The third-order valence-corrected chi connectivity index (χ3v) is 4.77. The third kappa shape index (κ3) is 4.33. The number of nitrogens with one attached hydrogen (secondary N) is 1. The summed E-state index contributed by atoms with van der Waals surface area (Å²) in [6.45, 7) is 0. The van der Waals surface area contributed by atoms with Gasteiger partial charge in [0, 0.05) is 11.9 Å². The van der Waals surface area contributed by atoms with Gasteiger partial charge >= 0.3 is 12.1 Å². The maximum absolute atomic E-state index is 12.8.